The van der Waals surface area contributed by atoms with Gasteiger partial charge in [0.25, 0.3) is 5.91 Å². The molecule has 0 unspecified atom stereocenters. The lowest BCUT2D eigenvalue weighted by molar-refractivity contribution is -0.132. The highest BCUT2D eigenvalue weighted by Gasteiger charge is 2.40. The van der Waals surface area contributed by atoms with Crippen molar-refractivity contribution in [2.45, 2.75) is 44.1 Å². The lowest BCUT2D eigenvalue weighted by Gasteiger charge is -2.39. The second-order valence-electron chi connectivity index (χ2n) is 9.60. The number of aliphatic imine (C=N–C) groups is 2. The molecule has 194 valence electrons. The van der Waals surface area contributed by atoms with E-state index in [2.05, 4.69) is 30.6 Å². The fourth-order valence-electron chi connectivity index (χ4n) is 4.93. The number of halogens is 1. The summed E-state index contributed by atoms with van der Waals surface area (Å²) in [6.45, 7) is 1.74. The molecule has 1 saturated heterocycles. The largest absolute Gasteiger partial charge is 0.397 e. The van der Waals surface area contributed by atoms with Crippen LogP contribution in [0.5, 0.6) is 0 Å². The highest BCUT2D eigenvalue weighted by molar-refractivity contribution is 6.31. The number of fused-ring (bicyclic) bond motifs is 1. The number of piperidine rings is 1. The van der Waals surface area contributed by atoms with Gasteiger partial charge in [0.1, 0.15) is 0 Å². The van der Waals surface area contributed by atoms with Crippen molar-refractivity contribution in [3.05, 3.63) is 34.6 Å². The van der Waals surface area contributed by atoms with Crippen LogP contribution in [0.2, 0.25) is 5.15 Å². The Kier molecular flexibility index (Phi) is 6.59. The van der Waals surface area contributed by atoms with Gasteiger partial charge in [-0.05, 0) is 37.3 Å². The molecule has 3 aliphatic heterocycles. The molecule has 2 amide bonds. The van der Waals surface area contributed by atoms with E-state index in [1.54, 1.807) is 0 Å². The molecule has 2 aromatic rings. The number of likely N-dealkylation sites (tertiary alicyclic amines) is 1. The van der Waals surface area contributed by atoms with Crippen molar-refractivity contribution in [1.29, 1.82) is 0 Å². The summed E-state index contributed by atoms with van der Waals surface area (Å²) in [5.74, 6) is -0.269. The molecule has 12 nitrogen and oxygen atoms in total. The minimum Gasteiger partial charge on any atom is -0.397 e. The van der Waals surface area contributed by atoms with Crippen molar-refractivity contribution >= 4 is 58.1 Å². The molecule has 5 rings (SSSR count). The van der Waals surface area contributed by atoms with Gasteiger partial charge >= 0.3 is 0 Å². The number of guanidine groups is 1. The van der Waals surface area contributed by atoms with Crippen molar-refractivity contribution in [3.63, 3.8) is 0 Å². The average molecular weight is 525 g/mol. The molecule has 37 heavy (non-hydrogen) atoms. The molecule has 0 atom stereocenters. The van der Waals surface area contributed by atoms with Crippen molar-refractivity contribution in [1.82, 2.24) is 25.5 Å². The van der Waals surface area contributed by atoms with Crippen molar-refractivity contribution in [2.24, 2.45) is 9.98 Å². The number of carbonyl (C=O) groups excluding carboxylic acids is 2. The number of benzene rings is 1. The Hall–Kier alpha value is -3.93. The minimum absolute atomic E-state index is 0.0460. The van der Waals surface area contributed by atoms with Crippen LogP contribution in [-0.4, -0.2) is 63.5 Å². The predicted octanol–water partition coefficient (Wildman–Crippen LogP) is 1.43. The first-order valence-electron chi connectivity index (χ1n) is 12.2. The molecule has 4 heterocycles. The zero-order valence-corrected chi connectivity index (χ0v) is 21.0. The Labute approximate surface area is 218 Å². The van der Waals surface area contributed by atoms with E-state index in [-0.39, 0.29) is 33.9 Å². The molecule has 1 aromatic carbocycles. The number of hydrogen-bond donors (Lipinski definition) is 5. The van der Waals surface area contributed by atoms with Gasteiger partial charge in [0.05, 0.1) is 23.5 Å². The second-order valence-corrected chi connectivity index (χ2v) is 9.96. The standard InChI is InChI=1S/C24H29ClN10O2/c25-19-21(28)32-20(27)18(31-19)22(37)33-23-29-12-24(34-23)7-9-35(10-8-24)16(36)6-2-4-14-11-13-3-1-5-15(26)17(13)30-14/h1,3,5H,2,4,6-12,26H2,(H4,27,28,32)(H2,29,33,34,37). The molecule has 0 saturated carbocycles. The maximum Gasteiger partial charge on any atom is 0.280 e. The molecule has 3 aliphatic rings. The third kappa shape index (κ3) is 5.15. The average Bonchev–Trinajstić information content (AvgIpc) is 3.46. The maximum absolute atomic E-state index is 12.8. The number of hydrogen-bond acceptors (Lipinski definition) is 10. The lowest BCUT2D eigenvalue weighted by atomic mass is 9.88. The fraction of sp³-hybridized carbons (Fsp3) is 0.417. The summed E-state index contributed by atoms with van der Waals surface area (Å²) >= 11 is 5.87. The van der Waals surface area contributed by atoms with Crippen LogP contribution in [0.1, 0.15) is 48.2 Å². The summed E-state index contributed by atoms with van der Waals surface area (Å²) in [4.78, 5) is 44.1. The molecular formula is C24H29ClN10O2. The molecule has 0 aliphatic carbocycles. The molecule has 13 heteroatoms. The van der Waals surface area contributed by atoms with Crippen LogP contribution in [0.25, 0.3) is 0 Å². The molecular weight excluding hydrogens is 496 g/mol. The molecule has 0 bridgehead atoms. The lowest BCUT2D eigenvalue weighted by Crippen LogP contribution is -2.56. The Morgan fingerprint density at radius 3 is 2.68 bits per heavy atom. The number of para-hydroxylation sites is 1. The van der Waals surface area contributed by atoms with Crippen molar-refractivity contribution < 1.29 is 9.59 Å². The van der Waals surface area contributed by atoms with E-state index < -0.39 is 5.91 Å². The van der Waals surface area contributed by atoms with Crippen LogP contribution in [-0.2, 0) is 11.2 Å². The van der Waals surface area contributed by atoms with Crippen molar-refractivity contribution in [2.75, 3.05) is 36.8 Å². The molecule has 8 N–H and O–H groups in total. The van der Waals surface area contributed by atoms with Gasteiger partial charge in [-0.3, -0.25) is 24.9 Å². The predicted molar refractivity (Wildman–Crippen MR) is 143 cm³/mol. The van der Waals surface area contributed by atoms with Crippen LogP contribution < -0.4 is 27.8 Å². The summed E-state index contributed by atoms with van der Waals surface area (Å²) in [6.07, 6.45) is 4.26. The molecule has 1 fully saturated rings. The van der Waals surface area contributed by atoms with Crippen LogP contribution in [0.3, 0.4) is 0 Å². The zero-order chi connectivity index (χ0) is 26.2. The number of nitrogens with two attached hydrogens (primary N) is 3. The van der Waals surface area contributed by atoms with Crippen LogP contribution in [0, 0.1) is 0 Å². The fourth-order valence-corrected chi connectivity index (χ4v) is 5.05. The second kappa shape index (κ2) is 9.85. The third-order valence-corrected chi connectivity index (χ3v) is 7.30. The Balaban J connectivity index is 1.07. The highest BCUT2D eigenvalue weighted by atomic mass is 35.5. The monoisotopic (exact) mass is 524 g/mol. The van der Waals surface area contributed by atoms with Crippen molar-refractivity contribution in [3.8, 4) is 0 Å². The van der Waals surface area contributed by atoms with Gasteiger partial charge < -0.3 is 27.4 Å². The number of amides is 2. The van der Waals surface area contributed by atoms with Crippen LogP contribution >= 0.6 is 11.6 Å². The van der Waals surface area contributed by atoms with Gasteiger partial charge in [0, 0.05) is 31.6 Å². The number of nitrogens with one attached hydrogen (secondary N) is 2. The number of anilines is 3. The Morgan fingerprint density at radius 2 is 1.92 bits per heavy atom. The summed E-state index contributed by atoms with van der Waals surface area (Å²) < 4.78 is 0. The summed E-state index contributed by atoms with van der Waals surface area (Å²) in [5, 5.41) is 5.89. The normalized spacial score (nSPS) is 17.7. The number of carbonyl (C=O) groups is 2. The number of nitrogen functional groups attached to an aromatic ring is 3. The first-order valence-corrected chi connectivity index (χ1v) is 12.5. The number of nitrogens with zero attached hydrogens (tertiary/aromatic N) is 5. The first kappa shape index (κ1) is 24.8. The van der Waals surface area contributed by atoms with E-state index in [1.165, 1.54) is 0 Å². The summed E-state index contributed by atoms with van der Waals surface area (Å²) in [6, 6.07) is 5.85. The van der Waals surface area contributed by atoms with Crippen LogP contribution in [0.15, 0.2) is 28.2 Å². The van der Waals surface area contributed by atoms with Gasteiger partial charge in [-0.25, -0.2) is 9.97 Å². The van der Waals surface area contributed by atoms with E-state index in [1.807, 2.05) is 23.1 Å². The number of rotatable bonds is 5. The van der Waals surface area contributed by atoms with Gasteiger partial charge in [-0.15, -0.1) is 0 Å². The maximum atomic E-state index is 12.8. The third-order valence-electron chi connectivity index (χ3n) is 7.02. The van der Waals surface area contributed by atoms with Gasteiger partial charge in [0.2, 0.25) is 5.91 Å². The SMILES string of the molecule is Nc1cccc2c1N=C(CCCC(=O)N1CCC3(CC1)CN=C(NC(=O)c1nc(Cl)c(N)nc1N)N3)C2. The highest BCUT2D eigenvalue weighted by Crippen LogP contribution is 2.33. The van der Waals surface area contributed by atoms with E-state index in [0.29, 0.717) is 37.7 Å². The van der Waals surface area contributed by atoms with Crippen LogP contribution in [0.4, 0.5) is 23.0 Å². The molecule has 1 spiro atoms. The van der Waals surface area contributed by atoms with E-state index >= 15 is 0 Å². The topological polar surface area (TPSA) is 190 Å². The smallest absolute Gasteiger partial charge is 0.280 e. The minimum atomic E-state index is -0.583. The molecule has 0 radical (unpaired) electrons. The quantitative estimate of drug-likeness (QED) is 0.362. The van der Waals surface area contributed by atoms with E-state index in [9.17, 15) is 9.59 Å². The summed E-state index contributed by atoms with van der Waals surface area (Å²) in [7, 11) is 0. The van der Waals surface area contributed by atoms with E-state index in [0.717, 1.165) is 49.1 Å². The van der Waals surface area contributed by atoms with Gasteiger partial charge in [-0.2, -0.15) is 0 Å². The Morgan fingerprint density at radius 1 is 1.14 bits per heavy atom. The molecule has 1 aromatic heterocycles. The van der Waals surface area contributed by atoms with Gasteiger partial charge in [-0.1, -0.05) is 23.7 Å². The zero-order valence-electron chi connectivity index (χ0n) is 20.3. The first-order chi connectivity index (χ1) is 17.7. The Bertz CT molecular complexity index is 1320. The summed E-state index contributed by atoms with van der Waals surface area (Å²) in [5.41, 5.74) is 20.7. The van der Waals surface area contributed by atoms with E-state index in [4.69, 9.17) is 28.8 Å². The number of aromatic nitrogens is 2. The van der Waals surface area contributed by atoms with Gasteiger partial charge in [0.15, 0.2) is 28.4 Å².